The number of carbonyl (C=O) groups excluding carboxylic acids is 3. The molecule has 0 spiro atoms. The third-order valence-corrected chi connectivity index (χ3v) is 6.06. The third-order valence-electron chi connectivity index (χ3n) is 6.06. The average Bonchev–Trinajstić information content (AvgIpc) is 2.76. The number of hydrogen-bond donors (Lipinski definition) is 2. The molecule has 1 aromatic carbocycles. The number of benzene rings is 1. The van der Waals surface area contributed by atoms with E-state index >= 15 is 0 Å². The van der Waals surface area contributed by atoms with E-state index in [2.05, 4.69) is 24.5 Å². The number of carbonyl (C=O) groups is 3. The third kappa shape index (κ3) is 10.2. The molecule has 0 aliphatic rings. The molecule has 0 aromatic heterocycles. The summed E-state index contributed by atoms with van der Waals surface area (Å²) in [5.74, 6) is -0.304. The van der Waals surface area contributed by atoms with E-state index in [1.54, 1.807) is 25.7 Å². The molecule has 0 saturated carbocycles. The minimum atomic E-state index is -0.798. The van der Waals surface area contributed by atoms with Crippen molar-refractivity contribution in [1.82, 2.24) is 15.5 Å². The summed E-state index contributed by atoms with van der Waals surface area (Å²) in [6.45, 7) is 18.5. The summed E-state index contributed by atoms with van der Waals surface area (Å²) in [5.41, 5.74) is 2.18. The van der Waals surface area contributed by atoms with Gasteiger partial charge in [-0.05, 0) is 76.5 Å². The Labute approximate surface area is 218 Å². The van der Waals surface area contributed by atoms with E-state index in [1.807, 2.05) is 45.9 Å². The molecular formula is C29H49N3O4. The maximum atomic E-state index is 14.1. The summed E-state index contributed by atoms with van der Waals surface area (Å²) in [7, 11) is 0. The van der Waals surface area contributed by atoms with Crippen molar-refractivity contribution in [2.24, 2.45) is 5.92 Å². The number of alkyl carbamates (subject to hydrolysis) is 1. The molecule has 0 radical (unpaired) electrons. The zero-order chi connectivity index (χ0) is 27.5. The smallest absolute Gasteiger partial charge is 0.408 e. The van der Waals surface area contributed by atoms with E-state index in [9.17, 15) is 14.4 Å². The van der Waals surface area contributed by atoms with Gasteiger partial charge in [0.15, 0.2) is 0 Å². The van der Waals surface area contributed by atoms with Gasteiger partial charge in [-0.2, -0.15) is 0 Å². The second-order valence-corrected chi connectivity index (χ2v) is 11.0. The monoisotopic (exact) mass is 503 g/mol. The van der Waals surface area contributed by atoms with E-state index in [1.165, 1.54) is 0 Å². The van der Waals surface area contributed by atoms with Gasteiger partial charge in [0.1, 0.15) is 17.7 Å². The number of nitrogens with one attached hydrogen (secondary N) is 2. The molecule has 1 rings (SSSR count). The van der Waals surface area contributed by atoms with Gasteiger partial charge in [0.05, 0.1) is 0 Å². The molecule has 0 aliphatic carbocycles. The van der Waals surface area contributed by atoms with Gasteiger partial charge in [0, 0.05) is 13.1 Å². The van der Waals surface area contributed by atoms with Crippen LogP contribution in [-0.4, -0.2) is 47.5 Å². The molecule has 0 saturated heterocycles. The first kappa shape index (κ1) is 31.5. The fraction of sp³-hybridized carbons (Fsp3) is 0.690. The molecule has 2 unspecified atom stereocenters. The van der Waals surface area contributed by atoms with Gasteiger partial charge in [-0.15, -0.1) is 0 Å². The first-order valence-corrected chi connectivity index (χ1v) is 13.5. The molecule has 7 heteroatoms. The van der Waals surface area contributed by atoms with Gasteiger partial charge in [0.2, 0.25) is 11.8 Å². The van der Waals surface area contributed by atoms with Crippen molar-refractivity contribution in [2.75, 3.05) is 13.1 Å². The van der Waals surface area contributed by atoms with Gasteiger partial charge >= 0.3 is 6.09 Å². The first-order valence-electron chi connectivity index (χ1n) is 13.5. The van der Waals surface area contributed by atoms with Crippen molar-refractivity contribution in [3.63, 3.8) is 0 Å². The molecule has 2 N–H and O–H groups in total. The standard InChI is InChI=1S/C29H49N3O4/c1-10-12-17-30-26(33)25(23-16-14-15-21(5)22(23)6)32(18-13-11-2)27(34)24(19-20(3)4)31-28(35)36-29(7,8)9/h14-16,20,24-25H,10-13,17-19H2,1-9H3,(H,30,33)(H,31,35). The predicted molar refractivity (Wildman–Crippen MR) is 146 cm³/mol. The molecule has 3 amide bonds. The zero-order valence-electron chi connectivity index (χ0n) is 24.0. The molecule has 36 heavy (non-hydrogen) atoms. The summed E-state index contributed by atoms with van der Waals surface area (Å²) in [6.07, 6.45) is 3.25. The number of hydrogen-bond acceptors (Lipinski definition) is 4. The van der Waals surface area contributed by atoms with Gasteiger partial charge in [-0.3, -0.25) is 9.59 Å². The van der Waals surface area contributed by atoms with Crippen LogP contribution in [0.4, 0.5) is 4.79 Å². The number of rotatable bonds is 13. The van der Waals surface area contributed by atoms with Crippen molar-refractivity contribution < 1.29 is 19.1 Å². The molecule has 7 nitrogen and oxygen atoms in total. The molecule has 0 bridgehead atoms. The molecule has 204 valence electrons. The maximum absolute atomic E-state index is 14.1. The fourth-order valence-corrected chi connectivity index (χ4v) is 4.04. The van der Waals surface area contributed by atoms with Crippen LogP contribution in [0.5, 0.6) is 0 Å². The Balaban J connectivity index is 3.50. The van der Waals surface area contributed by atoms with Crippen molar-refractivity contribution in [3.8, 4) is 0 Å². The fourth-order valence-electron chi connectivity index (χ4n) is 4.04. The van der Waals surface area contributed by atoms with E-state index in [0.29, 0.717) is 19.5 Å². The number of unbranched alkanes of at least 4 members (excludes halogenated alkanes) is 2. The van der Waals surface area contributed by atoms with Crippen LogP contribution >= 0.6 is 0 Å². The van der Waals surface area contributed by atoms with Crippen LogP contribution in [-0.2, 0) is 14.3 Å². The lowest BCUT2D eigenvalue weighted by Gasteiger charge is -2.35. The zero-order valence-corrected chi connectivity index (χ0v) is 24.0. The highest BCUT2D eigenvalue weighted by Crippen LogP contribution is 2.28. The lowest BCUT2D eigenvalue weighted by Crippen LogP contribution is -2.53. The Morgan fingerprint density at radius 3 is 2.22 bits per heavy atom. The highest BCUT2D eigenvalue weighted by Gasteiger charge is 2.37. The second-order valence-electron chi connectivity index (χ2n) is 11.0. The summed E-state index contributed by atoms with van der Waals surface area (Å²) in [6, 6.07) is 4.28. The minimum Gasteiger partial charge on any atom is -0.444 e. The molecule has 0 heterocycles. The average molecular weight is 504 g/mol. The lowest BCUT2D eigenvalue weighted by molar-refractivity contribution is -0.143. The predicted octanol–water partition coefficient (Wildman–Crippen LogP) is 5.83. The topological polar surface area (TPSA) is 87.7 Å². The maximum Gasteiger partial charge on any atom is 0.408 e. The Morgan fingerprint density at radius 1 is 1.03 bits per heavy atom. The van der Waals surface area contributed by atoms with E-state index in [0.717, 1.165) is 42.4 Å². The first-order chi connectivity index (χ1) is 16.8. The quantitative estimate of drug-likeness (QED) is 0.332. The van der Waals surface area contributed by atoms with Gasteiger partial charge in [-0.1, -0.05) is 58.7 Å². The number of amides is 3. The molecule has 2 atom stereocenters. The molecule has 1 aromatic rings. The second kappa shape index (κ2) is 14.9. The van der Waals surface area contributed by atoms with E-state index in [4.69, 9.17) is 4.74 Å². The largest absolute Gasteiger partial charge is 0.444 e. The Hall–Kier alpha value is -2.57. The highest BCUT2D eigenvalue weighted by molar-refractivity contribution is 5.92. The van der Waals surface area contributed by atoms with E-state index < -0.39 is 23.8 Å². The number of nitrogens with zero attached hydrogens (tertiary/aromatic N) is 1. The van der Waals surface area contributed by atoms with Crippen LogP contribution in [0.3, 0.4) is 0 Å². The molecular weight excluding hydrogens is 454 g/mol. The summed E-state index contributed by atoms with van der Waals surface area (Å²) >= 11 is 0. The summed E-state index contributed by atoms with van der Waals surface area (Å²) < 4.78 is 5.45. The van der Waals surface area contributed by atoms with Crippen LogP contribution in [0.1, 0.15) is 103 Å². The van der Waals surface area contributed by atoms with Crippen molar-refractivity contribution >= 4 is 17.9 Å². The van der Waals surface area contributed by atoms with Gasteiger partial charge in [-0.25, -0.2) is 4.79 Å². The van der Waals surface area contributed by atoms with Crippen LogP contribution in [0, 0.1) is 19.8 Å². The summed E-state index contributed by atoms with van der Waals surface area (Å²) in [5, 5.41) is 5.85. The number of ether oxygens (including phenoxy) is 1. The number of aryl methyl sites for hydroxylation is 1. The van der Waals surface area contributed by atoms with Crippen LogP contribution in [0.2, 0.25) is 0 Å². The van der Waals surface area contributed by atoms with Crippen LogP contribution < -0.4 is 10.6 Å². The SMILES string of the molecule is CCCCNC(=O)C(c1cccc(C)c1C)N(CCCC)C(=O)C(CC(C)C)NC(=O)OC(C)(C)C. The van der Waals surface area contributed by atoms with Crippen molar-refractivity contribution in [1.29, 1.82) is 0 Å². The molecule has 0 fully saturated rings. The Kier molecular flexibility index (Phi) is 13.0. The normalized spacial score (nSPS) is 13.2. The van der Waals surface area contributed by atoms with Crippen molar-refractivity contribution in [3.05, 3.63) is 34.9 Å². The van der Waals surface area contributed by atoms with Crippen molar-refractivity contribution in [2.45, 2.75) is 112 Å². The summed E-state index contributed by atoms with van der Waals surface area (Å²) in [4.78, 5) is 42.1. The van der Waals surface area contributed by atoms with Crippen LogP contribution in [0.15, 0.2) is 18.2 Å². The lowest BCUT2D eigenvalue weighted by atomic mass is 9.94. The highest BCUT2D eigenvalue weighted by atomic mass is 16.6. The van der Waals surface area contributed by atoms with E-state index in [-0.39, 0.29) is 17.7 Å². The van der Waals surface area contributed by atoms with Gasteiger partial charge < -0.3 is 20.3 Å². The van der Waals surface area contributed by atoms with Gasteiger partial charge in [0.25, 0.3) is 0 Å². The van der Waals surface area contributed by atoms with Crippen LogP contribution in [0.25, 0.3) is 0 Å². The Bertz CT molecular complexity index is 861. The minimum absolute atomic E-state index is 0.152. The molecule has 0 aliphatic heterocycles. The Morgan fingerprint density at radius 2 is 1.67 bits per heavy atom.